The fraction of sp³-hybridized carbons (Fsp3) is 0.350. The third-order valence-corrected chi connectivity index (χ3v) is 6.69. The molecule has 17 heteroatoms. The van der Waals surface area contributed by atoms with Crippen molar-refractivity contribution in [1.29, 1.82) is 5.41 Å². The molecule has 1 aliphatic heterocycles. The lowest BCUT2D eigenvalue weighted by Gasteiger charge is -2.42. The number of aliphatic hydroxyl groups excluding tert-OH is 1. The molecule has 1 aromatic heterocycles. The Hall–Kier alpha value is -3.80. The van der Waals surface area contributed by atoms with Crippen LogP contribution in [0.1, 0.15) is 18.2 Å². The van der Waals surface area contributed by atoms with Gasteiger partial charge in [0.1, 0.15) is 29.9 Å². The number of β-lactam (4-membered cyclic amide) rings is 1. The Bertz CT molecular complexity index is 1280. The molecule has 200 valence electrons. The van der Waals surface area contributed by atoms with Crippen molar-refractivity contribution in [3.63, 3.8) is 0 Å². The van der Waals surface area contributed by atoms with E-state index >= 15 is 0 Å². The fourth-order valence-electron chi connectivity index (χ4n) is 3.22. The van der Waals surface area contributed by atoms with Crippen molar-refractivity contribution in [2.45, 2.75) is 19.0 Å². The van der Waals surface area contributed by atoms with E-state index in [1.807, 2.05) is 0 Å². The summed E-state index contributed by atoms with van der Waals surface area (Å²) in [5.74, 6) is -1.20. The van der Waals surface area contributed by atoms with Crippen molar-refractivity contribution in [2.75, 3.05) is 32.1 Å². The number of aromatic nitrogens is 1. The van der Waals surface area contributed by atoms with Crippen molar-refractivity contribution in [2.24, 2.45) is 5.16 Å². The zero-order valence-corrected chi connectivity index (χ0v) is 21.1. The summed E-state index contributed by atoms with van der Waals surface area (Å²) in [5.41, 5.74) is 6.03. The van der Waals surface area contributed by atoms with E-state index in [0.717, 1.165) is 11.3 Å². The molecule has 0 radical (unpaired) electrons. The number of anilines is 1. The molecule has 1 aliphatic rings. The van der Waals surface area contributed by atoms with Crippen LogP contribution in [-0.4, -0.2) is 89.2 Å². The second-order valence-electron chi connectivity index (χ2n) is 7.55. The van der Waals surface area contributed by atoms with Crippen molar-refractivity contribution in [3.8, 4) is 5.75 Å². The molecule has 1 aromatic carbocycles. The number of nitrogens with zero attached hydrogens (tertiary/aromatic N) is 3. The highest BCUT2D eigenvalue weighted by molar-refractivity contribution is 7.84. The van der Waals surface area contributed by atoms with Gasteiger partial charge in [-0.1, -0.05) is 5.16 Å². The number of amidine groups is 1. The highest BCUT2D eigenvalue weighted by Gasteiger charge is 2.51. The topological polar surface area (TPSA) is 230 Å². The molecule has 2 heterocycles. The number of nitrogen functional groups attached to an aromatic ring is 1. The largest absolute Gasteiger partial charge is 0.490 e. The fourth-order valence-corrected chi connectivity index (χ4v) is 4.65. The predicted octanol–water partition coefficient (Wildman–Crippen LogP) is -1.05. The summed E-state index contributed by atoms with van der Waals surface area (Å²) in [6.45, 7) is 1.50. The smallest absolute Gasteiger partial charge is 0.362 e. The normalized spacial score (nSPS) is 17.6. The number of rotatable bonds is 12. The minimum absolute atomic E-state index is 0.0542. The summed E-state index contributed by atoms with van der Waals surface area (Å²) in [7, 11) is -4.74. The van der Waals surface area contributed by atoms with E-state index < -0.39 is 34.2 Å². The van der Waals surface area contributed by atoms with Crippen LogP contribution in [0.15, 0.2) is 34.8 Å². The van der Waals surface area contributed by atoms with Crippen LogP contribution in [0.25, 0.3) is 0 Å². The van der Waals surface area contributed by atoms with Crippen molar-refractivity contribution in [3.05, 3.63) is 40.9 Å². The van der Waals surface area contributed by atoms with E-state index in [-0.39, 0.29) is 53.0 Å². The number of thiazole rings is 1. The Labute approximate surface area is 215 Å². The van der Waals surface area contributed by atoms with Gasteiger partial charge >= 0.3 is 10.3 Å². The molecule has 0 aliphatic carbocycles. The van der Waals surface area contributed by atoms with Gasteiger partial charge in [-0.15, -0.1) is 11.3 Å². The predicted molar refractivity (Wildman–Crippen MR) is 133 cm³/mol. The summed E-state index contributed by atoms with van der Waals surface area (Å²) in [6.07, 6.45) is 0. The van der Waals surface area contributed by atoms with Crippen LogP contribution in [0.3, 0.4) is 0 Å². The summed E-state index contributed by atoms with van der Waals surface area (Å²) in [5, 5.41) is 27.2. The lowest BCUT2D eigenvalue weighted by molar-refractivity contribution is -0.143. The van der Waals surface area contributed by atoms with Crippen molar-refractivity contribution >= 4 is 50.1 Å². The standard InChI is InChI=1S/C20H25N7O8S2/c1-11-15(19(30)27(11)37(31,32)33)25-18(29)16(14-10-36-20(22)24-14)26-35-9-8-34-13-4-2-12(3-5-13)17(21)23-6-7-28/h2-5,10-11,15,28H,6-9H2,1H3,(H2,21,23)(H2,22,24)(H,25,29)(H,31,32,33)/b26-16-/t11-,15-/m0/s1. The Balaban J connectivity index is 1.57. The van der Waals surface area contributed by atoms with Crippen LogP contribution in [0, 0.1) is 5.41 Å². The molecule has 37 heavy (non-hydrogen) atoms. The van der Waals surface area contributed by atoms with Gasteiger partial charge in [-0.05, 0) is 31.2 Å². The van der Waals surface area contributed by atoms with Gasteiger partial charge in [-0.2, -0.15) is 8.42 Å². The molecule has 2 aromatic rings. The summed E-state index contributed by atoms with van der Waals surface area (Å²) >= 11 is 1.05. The Morgan fingerprint density at radius 3 is 2.59 bits per heavy atom. The molecule has 2 atom stereocenters. The molecular formula is C20H25N7O8S2. The second-order valence-corrected chi connectivity index (χ2v) is 9.72. The average molecular weight is 556 g/mol. The molecule has 0 saturated carbocycles. The first kappa shape index (κ1) is 27.8. The van der Waals surface area contributed by atoms with Crippen molar-refractivity contribution < 1.29 is 37.2 Å². The first-order valence-electron chi connectivity index (χ1n) is 10.7. The van der Waals surface area contributed by atoms with Crippen LogP contribution < -0.4 is 21.1 Å². The highest BCUT2D eigenvalue weighted by atomic mass is 32.2. The second kappa shape index (κ2) is 12.0. The molecule has 2 amide bonds. The van der Waals surface area contributed by atoms with Crippen LogP contribution >= 0.6 is 11.3 Å². The zero-order valence-electron chi connectivity index (χ0n) is 19.4. The number of hydrogen-bond donors (Lipinski definition) is 6. The van der Waals surface area contributed by atoms with Gasteiger partial charge in [0.05, 0.1) is 12.6 Å². The van der Waals surface area contributed by atoms with Crippen LogP contribution in [-0.2, 0) is 24.7 Å². The Morgan fingerprint density at radius 1 is 1.32 bits per heavy atom. The van der Waals surface area contributed by atoms with Crippen LogP contribution in [0.4, 0.5) is 5.13 Å². The first-order valence-corrected chi connectivity index (χ1v) is 13.0. The Kier molecular flexibility index (Phi) is 8.98. The minimum Gasteiger partial charge on any atom is -0.490 e. The molecule has 7 N–H and O–H groups in total. The summed E-state index contributed by atoms with van der Waals surface area (Å²) in [6, 6.07) is 4.42. The first-order chi connectivity index (χ1) is 17.5. The molecule has 0 bridgehead atoms. The highest BCUT2D eigenvalue weighted by Crippen LogP contribution is 2.23. The molecule has 0 unspecified atom stereocenters. The number of benzene rings is 1. The maximum atomic E-state index is 12.8. The van der Waals surface area contributed by atoms with E-state index in [2.05, 4.69) is 20.8 Å². The quantitative estimate of drug-likeness (QED) is 0.0462. The lowest BCUT2D eigenvalue weighted by atomic mass is 10.0. The number of hydrogen-bond acceptors (Lipinski definition) is 12. The van der Waals surface area contributed by atoms with Gasteiger partial charge in [0.25, 0.3) is 11.8 Å². The maximum Gasteiger partial charge on any atom is 0.362 e. The molecule has 1 saturated heterocycles. The SMILES string of the molecule is C[C@H]1[C@H](NC(=O)/C(=N\OCCOc2ccc(C(=N)NCCO)cc2)c2csc(N)n2)C(=O)N1S(=O)(=O)O. The zero-order chi connectivity index (χ0) is 27.2. The molecular weight excluding hydrogens is 530 g/mol. The van der Waals surface area contributed by atoms with E-state index in [9.17, 15) is 18.0 Å². The Morgan fingerprint density at radius 2 is 2.03 bits per heavy atom. The number of aliphatic hydroxyl groups is 1. The third kappa shape index (κ3) is 6.91. The monoisotopic (exact) mass is 555 g/mol. The summed E-state index contributed by atoms with van der Waals surface area (Å²) < 4.78 is 37.4. The van der Waals surface area contributed by atoms with Gasteiger partial charge in [-0.25, -0.2) is 9.29 Å². The number of amides is 2. The average Bonchev–Trinajstić information content (AvgIpc) is 3.28. The molecule has 0 spiro atoms. The van der Waals surface area contributed by atoms with Crippen LogP contribution in [0.2, 0.25) is 0 Å². The maximum absolute atomic E-state index is 12.8. The lowest BCUT2D eigenvalue weighted by Crippen LogP contribution is -2.71. The number of oxime groups is 1. The van der Waals surface area contributed by atoms with Gasteiger partial charge in [-0.3, -0.25) is 19.6 Å². The minimum atomic E-state index is -4.74. The molecule has 3 rings (SSSR count). The van der Waals surface area contributed by atoms with E-state index in [1.165, 1.54) is 12.3 Å². The molecule has 1 fully saturated rings. The van der Waals surface area contributed by atoms with Gasteiger partial charge in [0.15, 0.2) is 17.5 Å². The summed E-state index contributed by atoms with van der Waals surface area (Å²) in [4.78, 5) is 34.1. The van der Waals surface area contributed by atoms with Gasteiger partial charge < -0.3 is 31.0 Å². The van der Waals surface area contributed by atoms with Gasteiger partial charge in [0, 0.05) is 17.5 Å². The number of ether oxygens (including phenoxy) is 1. The van der Waals surface area contributed by atoms with Crippen molar-refractivity contribution in [1.82, 2.24) is 19.9 Å². The van der Waals surface area contributed by atoms with Crippen LogP contribution in [0.5, 0.6) is 5.75 Å². The molecule has 15 nitrogen and oxygen atoms in total. The number of carbonyl (C=O) groups is 2. The van der Waals surface area contributed by atoms with Gasteiger partial charge in [0.2, 0.25) is 0 Å². The van der Waals surface area contributed by atoms with E-state index in [4.69, 9.17) is 30.4 Å². The van der Waals surface area contributed by atoms with E-state index in [0.29, 0.717) is 11.3 Å². The number of nitrogens with one attached hydrogen (secondary N) is 3. The number of carbonyl (C=O) groups excluding carboxylic acids is 2. The van der Waals surface area contributed by atoms with E-state index in [1.54, 1.807) is 24.3 Å². The number of nitrogens with two attached hydrogens (primary N) is 1. The third-order valence-electron chi connectivity index (χ3n) is 5.01.